The molecule has 11 heavy (non-hydrogen) atoms. The van der Waals surface area contributed by atoms with E-state index in [0.29, 0.717) is 0 Å². The highest BCUT2D eigenvalue weighted by molar-refractivity contribution is 9.10. The van der Waals surface area contributed by atoms with E-state index in [4.69, 9.17) is 11.6 Å². The highest BCUT2D eigenvalue weighted by Crippen LogP contribution is 2.22. The lowest BCUT2D eigenvalue weighted by molar-refractivity contribution is 1.41. The van der Waals surface area contributed by atoms with Crippen LogP contribution < -0.4 is 0 Å². The van der Waals surface area contributed by atoms with Crippen molar-refractivity contribution in [3.8, 4) is 0 Å². The van der Waals surface area contributed by atoms with Crippen molar-refractivity contribution in [1.29, 1.82) is 0 Å². The van der Waals surface area contributed by atoms with Gasteiger partial charge in [-0.1, -0.05) is 11.6 Å². The molecule has 0 saturated carbocycles. The maximum atomic E-state index is 5.80. The molecule has 1 aromatic carbocycles. The van der Waals surface area contributed by atoms with Gasteiger partial charge in [-0.2, -0.15) is 0 Å². The fourth-order valence-corrected chi connectivity index (χ4v) is 1.71. The summed E-state index contributed by atoms with van der Waals surface area (Å²) in [6.07, 6.45) is 0. The first-order valence-electron chi connectivity index (χ1n) is 3.19. The van der Waals surface area contributed by atoms with Crippen molar-refractivity contribution >= 4 is 38.4 Å². The number of halogens is 2. The van der Waals surface area contributed by atoms with Crippen molar-refractivity contribution in [2.45, 2.75) is 0 Å². The Labute approximate surface area is 77.5 Å². The van der Waals surface area contributed by atoms with Gasteiger partial charge in [0.1, 0.15) is 0 Å². The van der Waals surface area contributed by atoms with Crippen LogP contribution in [-0.2, 0) is 0 Å². The molecule has 2 aromatic rings. The molecule has 0 amide bonds. The van der Waals surface area contributed by atoms with Crippen molar-refractivity contribution in [2.75, 3.05) is 0 Å². The largest absolute Gasteiger partial charge is 0.349 e. The summed E-state index contributed by atoms with van der Waals surface area (Å²) in [6.45, 7) is 0. The van der Waals surface area contributed by atoms with Crippen LogP contribution in [-0.4, -0.2) is 4.98 Å². The van der Waals surface area contributed by atoms with Crippen LogP contribution in [0.4, 0.5) is 0 Å². The van der Waals surface area contributed by atoms with E-state index in [1.807, 2.05) is 24.3 Å². The number of rotatable bonds is 0. The molecule has 0 unspecified atom stereocenters. The van der Waals surface area contributed by atoms with Crippen LogP contribution >= 0.6 is 27.5 Å². The molecule has 56 valence electrons. The van der Waals surface area contributed by atoms with Crippen LogP contribution in [0.3, 0.4) is 0 Å². The molecular formula is C8H5BrClN. The van der Waals surface area contributed by atoms with Gasteiger partial charge in [0, 0.05) is 15.9 Å². The maximum Gasteiger partial charge on any atom is 0.0830 e. The van der Waals surface area contributed by atoms with E-state index in [0.717, 1.165) is 20.5 Å². The average molecular weight is 230 g/mol. The fraction of sp³-hybridized carbons (Fsp3) is 0. The third kappa shape index (κ3) is 1.28. The van der Waals surface area contributed by atoms with E-state index in [2.05, 4.69) is 20.9 Å². The molecule has 1 nitrogen and oxygen atoms in total. The first kappa shape index (κ1) is 7.19. The van der Waals surface area contributed by atoms with E-state index in [9.17, 15) is 0 Å². The lowest BCUT2D eigenvalue weighted by atomic mass is 10.2. The molecule has 0 aliphatic carbocycles. The smallest absolute Gasteiger partial charge is 0.0830 e. The van der Waals surface area contributed by atoms with E-state index in [1.165, 1.54) is 0 Å². The Morgan fingerprint density at radius 1 is 1.27 bits per heavy atom. The highest BCUT2D eigenvalue weighted by atomic mass is 79.9. The van der Waals surface area contributed by atoms with Crippen molar-refractivity contribution in [3.63, 3.8) is 0 Å². The van der Waals surface area contributed by atoms with E-state index in [1.54, 1.807) is 0 Å². The van der Waals surface area contributed by atoms with E-state index < -0.39 is 0 Å². The average Bonchev–Trinajstić information content (AvgIpc) is 2.27. The third-order valence-electron chi connectivity index (χ3n) is 1.55. The summed E-state index contributed by atoms with van der Waals surface area (Å²) in [5.41, 5.74) is 1.10. The minimum atomic E-state index is 0.768. The van der Waals surface area contributed by atoms with Crippen LogP contribution in [0.15, 0.2) is 28.9 Å². The second-order valence-corrected chi connectivity index (χ2v) is 3.64. The molecule has 0 radical (unpaired) electrons. The Morgan fingerprint density at radius 3 is 2.91 bits per heavy atom. The number of aromatic amines is 1. The van der Waals surface area contributed by atoms with Crippen molar-refractivity contribution < 1.29 is 0 Å². The second kappa shape index (κ2) is 2.54. The summed E-state index contributed by atoms with van der Waals surface area (Å²) < 4.78 is 0.981. The molecule has 1 heterocycles. The van der Waals surface area contributed by atoms with Crippen LogP contribution in [0.2, 0.25) is 5.02 Å². The monoisotopic (exact) mass is 229 g/mol. The molecule has 0 fully saturated rings. The summed E-state index contributed by atoms with van der Waals surface area (Å²) in [4.78, 5) is 3.14. The molecular weight excluding hydrogens is 225 g/mol. The van der Waals surface area contributed by atoms with Crippen LogP contribution in [0.5, 0.6) is 0 Å². The van der Waals surface area contributed by atoms with Gasteiger partial charge in [0.15, 0.2) is 0 Å². The molecule has 0 aliphatic rings. The van der Waals surface area contributed by atoms with Crippen molar-refractivity contribution in [2.24, 2.45) is 0 Å². The lowest BCUT2D eigenvalue weighted by Gasteiger charge is -1.88. The second-order valence-electron chi connectivity index (χ2n) is 2.35. The molecule has 2 rings (SSSR count). The Kier molecular flexibility index (Phi) is 1.66. The van der Waals surface area contributed by atoms with Crippen molar-refractivity contribution in [1.82, 2.24) is 4.98 Å². The third-order valence-corrected chi connectivity index (χ3v) is 2.21. The Hall–Kier alpha value is -0.470. The van der Waals surface area contributed by atoms with Gasteiger partial charge in [-0.25, -0.2) is 0 Å². The predicted molar refractivity (Wildman–Crippen MR) is 51.0 cm³/mol. The summed E-state index contributed by atoms with van der Waals surface area (Å²) in [5.74, 6) is 0. The highest BCUT2D eigenvalue weighted by Gasteiger charge is 1.97. The normalized spacial score (nSPS) is 10.7. The Morgan fingerprint density at radius 2 is 2.09 bits per heavy atom. The van der Waals surface area contributed by atoms with Crippen LogP contribution in [0.25, 0.3) is 10.9 Å². The summed E-state index contributed by atoms with van der Waals surface area (Å²) in [5, 5.41) is 1.90. The number of hydrogen-bond acceptors (Lipinski definition) is 0. The zero-order valence-corrected chi connectivity index (χ0v) is 7.91. The van der Waals surface area contributed by atoms with Gasteiger partial charge in [0.05, 0.1) is 4.60 Å². The molecule has 1 N–H and O–H groups in total. The molecule has 0 aliphatic heterocycles. The molecule has 1 aromatic heterocycles. The van der Waals surface area contributed by atoms with Gasteiger partial charge in [-0.05, 0) is 40.2 Å². The van der Waals surface area contributed by atoms with Gasteiger partial charge in [0.2, 0.25) is 0 Å². The molecule has 0 atom stereocenters. The minimum Gasteiger partial charge on any atom is -0.349 e. The van der Waals surface area contributed by atoms with Crippen molar-refractivity contribution in [3.05, 3.63) is 33.9 Å². The predicted octanol–water partition coefficient (Wildman–Crippen LogP) is 3.58. The number of nitrogens with one attached hydrogen (secondary N) is 1. The number of hydrogen-bond donors (Lipinski definition) is 1. The van der Waals surface area contributed by atoms with Gasteiger partial charge in [0.25, 0.3) is 0 Å². The van der Waals surface area contributed by atoms with Gasteiger partial charge < -0.3 is 4.98 Å². The van der Waals surface area contributed by atoms with E-state index >= 15 is 0 Å². The Balaban J connectivity index is 2.82. The molecule has 0 saturated heterocycles. The summed E-state index contributed by atoms with van der Waals surface area (Å²) >= 11 is 9.15. The molecule has 3 heteroatoms. The first-order valence-corrected chi connectivity index (χ1v) is 4.36. The standard InChI is InChI=1S/C8H5BrClN/c9-8-4-5-3-6(10)1-2-7(5)11-8/h1-4,11H. The summed E-state index contributed by atoms with van der Waals surface area (Å²) in [6, 6.07) is 7.76. The fourth-order valence-electron chi connectivity index (χ4n) is 1.07. The quantitative estimate of drug-likeness (QED) is 0.712. The van der Waals surface area contributed by atoms with Gasteiger partial charge in [-0.15, -0.1) is 0 Å². The minimum absolute atomic E-state index is 0.768. The number of aromatic nitrogens is 1. The Bertz CT molecular complexity index is 394. The SMILES string of the molecule is Clc1ccc2[nH]c(Br)cc2c1. The van der Waals surface area contributed by atoms with Crippen LogP contribution in [0, 0.1) is 0 Å². The maximum absolute atomic E-state index is 5.80. The number of benzene rings is 1. The topological polar surface area (TPSA) is 15.8 Å². The van der Waals surface area contributed by atoms with E-state index in [-0.39, 0.29) is 0 Å². The lowest BCUT2D eigenvalue weighted by Crippen LogP contribution is -1.65. The first-order chi connectivity index (χ1) is 5.25. The number of fused-ring (bicyclic) bond motifs is 1. The van der Waals surface area contributed by atoms with Gasteiger partial charge >= 0.3 is 0 Å². The zero-order chi connectivity index (χ0) is 7.84. The molecule has 0 spiro atoms. The zero-order valence-electron chi connectivity index (χ0n) is 5.57. The number of H-pyrrole nitrogens is 1. The summed E-state index contributed by atoms with van der Waals surface area (Å²) in [7, 11) is 0. The molecule has 0 bridgehead atoms. The van der Waals surface area contributed by atoms with Gasteiger partial charge in [-0.3, -0.25) is 0 Å². The van der Waals surface area contributed by atoms with Crippen LogP contribution in [0.1, 0.15) is 0 Å².